The summed E-state index contributed by atoms with van der Waals surface area (Å²) in [7, 11) is 0. The van der Waals surface area contributed by atoms with E-state index in [9.17, 15) is 9.59 Å². The van der Waals surface area contributed by atoms with Crippen LogP contribution in [0.25, 0.3) is 0 Å². The van der Waals surface area contributed by atoms with Gasteiger partial charge in [-0.05, 0) is 30.5 Å². The van der Waals surface area contributed by atoms with Crippen LogP contribution in [0.3, 0.4) is 0 Å². The molecule has 0 heterocycles. The number of nitrogens with two attached hydrogens (primary N) is 1. The normalized spacial score (nSPS) is 15.7. The zero-order valence-corrected chi connectivity index (χ0v) is 13.7. The largest absolute Gasteiger partial charge is 0.352 e. The minimum Gasteiger partial charge on any atom is -0.352 e. The van der Waals surface area contributed by atoms with Gasteiger partial charge in [0.05, 0.1) is 5.54 Å². The zero-order chi connectivity index (χ0) is 15.3. The molecule has 0 aliphatic heterocycles. The lowest BCUT2D eigenvalue weighted by Gasteiger charge is -2.28. The molecule has 5 nitrogen and oxygen atoms in total. The second-order valence-electron chi connectivity index (χ2n) is 5.75. The molecule has 1 aromatic carbocycles. The van der Waals surface area contributed by atoms with Crippen molar-refractivity contribution in [3.05, 3.63) is 35.4 Å². The van der Waals surface area contributed by atoms with E-state index >= 15 is 0 Å². The first-order chi connectivity index (χ1) is 10.0. The average molecular weight is 326 g/mol. The van der Waals surface area contributed by atoms with Crippen molar-refractivity contribution in [3.8, 4) is 0 Å². The standard InChI is InChI=1S/C16H23N3O2.ClH/c1-12(20)18-10-13-4-6-14(7-5-13)15(21)19-16(11-17)8-2-3-9-16;/h4-7H,2-3,8-11,17H2,1H3,(H,18,20)(H,19,21);1H. The molecule has 22 heavy (non-hydrogen) atoms. The Morgan fingerprint density at radius 3 is 2.27 bits per heavy atom. The van der Waals surface area contributed by atoms with Gasteiger partial charge >= 0.3 is 0 Å². The Morgan fingerprint density at radius 2 is 1.77 bits per heavy atom. The number of carbonyl (C=O) groups is 2. The van der Waals surface area contributed by atoms with Gasteiger partial charge in [-0.15, -0.1) is 12.4 Å². The number of halogens is 1. The van der Waals surface area contributed by atoms with Crippen molar-refractivity contribution in [1.29, 1.82) is 0 Å². The molecule has 0 spiro atoms. The molecule has 1 aromatic rings. The number of carbonyl (C=O) groups excluding carboxylic acids is 2. The van der Waals surface area contributed by atoms with Crippen LogP contribution in [-0.2, 0) is 11.3 Å². The maximum absolute atomic E-state index is 12.3. The maximum atomic E-state index is 12.3. The molecule has 0 aromatic heterocycles. The van der Waals surface area contributed by atoms with Gasteiger partial charge in [-0.25, -0.2) is 0 Å². The minimum absolute atomic E-state index is 0. The Kier molecular flexibility index (Phi) is 6.84. The quantitative estimate of drug-likeness (QED) is 0.771. The highest BCUT2D eigenvalue weighted by atomic mass is 35.5. The lowest BCUT2D eigenvalue weighted by Crippen LogP contribution is -2.51. The molecule has 1 aliphatic rings. The van der Waals surface area contributed by atoms with Crippen molar-refractivity contribution in [1.82, 2.24) is 10.6 Å². The molecule has 6 heteroatoms. The summed E-state index contributed by atoms with van der Waals surface area (Å²) >= 11 is 0. The third-order valence-electron chi connectivity index (χ3n) is 4.09. The van der Waals surface area contributed by atoms with Crippen LogP contribution in [0.1, 0.15) is 48.5 Å². The van der Waals surface area contributed by atoms with E-state index in [-0.39, 0.29) is 29.8 Å². The molecular weight excluding hydrogens is 302 g/mol. The number of hydrogen-bond donors (Lipinski definition) is 3. The molecule has 0 saturated heterocycles. The summed E-state index contributed by atoms with van der Waals surface area (Å²) in [5, 5.41) is 5.82. The fourth-order valence-electron chi connectivity index (χ4n) is 2.75. The highest BCUT2D eigenvalue weighted by Crippen LogP contribution is 2.28. The molecule has 0 atom stereocenters. The molecule has 1 fully saturated rings. The van der Waals surface area contributed by atoms with E-state index < -0.39 is 0 Å². The van der Waals surface area contributed by atoms with Crippen LogP contribution < -0.4 is 16.4 Å². The topological polar surface area (TPSA) is 84.2 Å². The van der Waals surface area contributed by atoms with E-state index in [4.69, 9.17) is 5.73 Å². The maximum Gasteiger partial charge on any atom is 0.251 e. The zero-order valence-electron chi connectivity index (χ0n) is 12.9. The number of hydrogen-bond acceptors (Lipinski definition) is 3. The lowest BCUT2D eigenvalue weighted by molar-refractivity contribution is -0.119. The number of rotatable bonds is 5. The third kappa shape index (κ3) is 4.71. The molecule has 0 bridgehead atoms. The van der Waals surface area contributed by atoms with Crippen LogP contribution >= 0.6 is 12.4 Å². The Labute approximate surface area is 137 Å². The van der Waals surface area contributed by atoms with Gasteiger partial charge < -0.3 is 16.4 Å². The van der Waals surface area contributed by atoms with Crippen molar-refractivity contribution in [2.24, 2.45) is 5.73 Å². The van der Waals surface area contributed by atoms with E-state index in [1.807, 2.05) is 12.1 Å². The molecule has 4 N–H and O–H groups in total. The Hall–Kier alpha value is -1.59. The number of amides is 2. The molecule has 2 amide bonds. The Bertz CT molecular complexity index is 511. The first-order valence-corrected chi connectivity index (χ1v) is 7.41. The van der Waals surface area contributed by atoms with Gasteiger partial charge in [-0.3, -0.25) is 9.59 Å². The highest BCUT2D eigenvalue weighted by Gasteiger charge is 2.33. The summed E-state index contributed by atoms with van der Waals surface area (Å²) in [5.41, 5.74) is 7.20. The van der Waals surface area contributed by atoms with Crippen molar-refractivity contribution < 1.29 is 9.59 Å². The Balaban J connectivity index is 0.00000242. The predicted octanol–water partition coefficient (Wildman–Crippen LogP) is 1.75. The van der Waals surface area contributed by atoms with Crippen LogP contribution in [0.5, 0.6) is 0 Å². The van der Waals surface area contributed by atoms with Gasteiger partial charge in [0.25, 0.3) is 5.91 Å². The fraction of sp³-hybridized carbons (Fsp3) is 0.500. The summed E-state index contributed by atoms with van der Waals surface area (Å²) in [6, 6.07) is 7.28. The summed E-state index contributed by atoms with van der Waals surface area (Å²) < 4.78 is 0. The average Bonchev–Trinajstić information content (AvgIpc) is 2.94. The first kappa shape index (κ1) is 18.5. The monoisotopic (exact) mass is 325 g/mol. The molecule has 2 rings (SSSR count). The molecular formula is C16H24ClN3O2. The molecule has 1 saturated carbocycles. The van der Waals surface area contributed by atoms with Crippen LogP contribution in [0.15, 0.2) is 24.3 Å². The second-order valence-corrected chi connectivity index (χ2v) is 5.75. The van der Waals surface area contributed by atoms with Crippen LogP contribution in [0, 0.1) is 0 Å². The van der Waals surface area contributed by atoms with Gasteiger partial charge in [0, 0.05) is 25.6 Å². The van der Waals surface area contributed by atoms with E-state index in [2.05, 4.69) is 10.6 Å². The highest BCUT2D eigenvalue weighted by molar-refractivity contribution is 5.94. The van der Waals surface area contributed by atoms with Crippen molar-refractivity contribution >= 4 is 24.2 Å². The van der Waals surface area contributed by atoms with Crippen LogP contribution in [0.4, 0.5) is 0 Å². The van der Waals surface area contributed by atoms with Gasteiger partial charge in [0.1, 0.15) is 0 Å². The third-order valence-corrected chi connectivity index (χ3v) is 4.09. The fourth-order valence-corrected chi connectivity index (χ4v) is 2.75. The number of nitrogens with one attached hydrogen (secondary N) is 2. The van der Waals surface area contributed by atoms with Crippen molar-refractivity contribution in [3.63, 3.8) is 0 Å². The summed E-state index contributed by atoms with van der Waals surface area (Å²) in [6.07, 6.45) is 4.14. The summed E-state index contributed by atoms with van der Waals surface area (Å²) in [4.78, 5) is 23.2. The van der Waals surface area contributed by atoms with Crippen LogP contribution in [0.2, 0.25) is 0 Å². The first-order valence-electron chi connectivity index (χ1n) is 7.41. The van der Waals surface area contributed by atoms with Gasteiger partial charge in [-0.1, -0.05) is 25.0 Å². The smallest absolute Gasteiger partial charge is 0.251 e. The molecule has 0 radical (unpaired) electrons. The Morgan fingerprint density at radius 1 is 1.18 bits per heavy atom. The van der Waals surface area contributed by atoms with Gasteiger partial charge in [-0.2, -0.15) is 0 Å². The van der Waals surface area contributed by atoms with Gasteiger partial charge in [0.15, 0.2) is 0 Å². The van der Waals surface area contributed by atoms with Crippen molar-refractivity contribution in [2.45, 2.75) is 44.7 Å². The van der Waals surface area contributed by atoms with E-state index in [0.717, 1.165) is 31.2 Å². The second kappa shape index (κ2) is 8.15. The van der Waals surface area contributed by atoms with E-state index in [1.54, 1.807) is 12.1 Å². The minimum atomic E-state index is -0.230. The molecule has 122 valence electrons. The predicted molar refractivity (Wildman–Crippen MR) is 88.9 cm³/mol. The van der Waals surface area contributed by atoms with Crippen molar-refractivity contribution in [2.75, 3.05) is 6.54 Å². The van der Waals surface area contributed by atoms with E-state index in [1.165, 1.54) is 6.92 Å². The SMILES string of the molecule is CC(=O)NCc1ccc(C(=O)NC2(CN)CCCC2)cc1.Cl. The molecule has 1 aliphatic carbocycles. The lowest BCUT2D eigenvalue weighted by atomic mass is 9.97. The van der Waals surface area contributed by atoms with Gasteiger partial charge in [0.2, 0.25) is 5.91 Å². The van der Waals surface area contributed by atoms with Crippen LogP contribution in [-0.4, -0.2) is 23.9 Å². The molecule has 0 unspecified atom stereocenters. The number of benzene rings is 1. The summed E-state index contributed by atoms with van der Waals surface area (Å²) in [5.74, 6) is -0.142. The van der Waals surface area contributed by atoms with E-state index in [0.29, 0.717) is 18.7 Å². The summed E-state index contributed by atoms with van der Waals surface area (Å²) in [6.45, 7) is 2.44.